The van der Waals surface area contributed by atoms with E-state index in [1.54, 1.807) is 0 Å². The molecule has 0 heterocycles. The fourth-order valence-corrected chi connectivity index (χ4v) is 6.35. The zero-order valence-corrected chi connectivity index (χ0v) is 15.2. The van der Waals surface area contributed by atoms with Crippen LogP contribution in [0.5, 0.6) is 0 Å². The minimum atomic E-state index is -0.430. The minimum absolute atomic E-state index is 0.0249. The molecule has 0 bridgehead atoms. The highest BCUT2D eigenvalue weighted by Crippen LogP contribution is 2.66. The van der Waals surface area contributed by atoms with Gasteiger partial charge in [-0.15, -0.1) is 0 Å². The van der Waals surface area contributed by atoms with Gasteiger partial charge in [0.1, 0.15) is 17.3 Å². The Balaban J connectivity index is 1.65. The van der Waals surface area contributed by atoms with Crippen LogP contribution in [0.25, 0.3) is 0 Å². The molecule has 3 nitrogen and oxygen atoms in total. The van der Waals surface area contributed by atoms with Crippen molar-refractivity contribution in [2.45, 2.75) is 52.9 Å². The Labute approximate surface area is 148 Å². The van der Waals surface area contributed by atoms with Crippen LogP contribution in [0.3, 0.4) is 0 Å². The van der Waals surface area contributed by atoms with Crippen LogP contribution in [-0.2, 0) is 9.53 Å². The molecule has 136 valence electrons. The molecule has 0 saturated heterocycles. The number of hydrogen-bond donors (Lipinski definition) is 1. The smallest absolute Gasteiger partial charge is 0.307 e. The maximum absolute atomic E-state index is 14.7. The highest BCUT2D eigenvalue weighted by atomic mass is 19.1. The Kier molecular flexibility index (Phi) is 3.68. The first-order valence-corrected chi connectivity index (χ1v) is 9.43. The predicted octanol–water partition coefficient (Wildman–Crippen LogP) is 5.21. The van der Waals surface area contributed by atoms with E-state index in [4.69, 9.17) is 4.74 Å². The lowest BCUT2D eigenvalue weighted by atomic mass is 9.47. The van der Waals surface area contributed by atoms with Crippen molar-refractivity contribution in [1.29, 1.82) is 0 Å². The van der Waals surface area contributed by atoms with Crippen molar-refractivity contribution in [2.75, 3.05) is 0 Å². The molecule has 0 aromatic heterocycles. The molecule has 4 aliphatic rings. The summed E-state index contributed by atoms with van der Waals surface area (Å²) >= 11 is 0. The summed E-state index contributed by atoms with van der Waals surface area (Å²) in [5.41, 5.74) is -0.340. The normalized spacial score (nSPS) is 45.4. The fourth-order valence-electron chi connectivity index (χ4n) is 6.35. The summed E-state index contributed by atoms with van der Waals surface area (Å²) in [5.74, 6) is 1.47. The van der Waals surface area contributed by atoms with E-state index >= 15 is 0 Å². The van der Waals surface area contributed by atoms with Gasteiger partial charge in [0.25, 0.3) is 0 Å². The van der Waals surface area contributed by atoms with E-state index in [2.05, 4.69) is 19.9 Å². The average Bonchev–Trinajstić information content (AvgIpc) is 2.79. The van der Waals surface area contributed by atoms with Gasteiger partial charge >= 0.3 is 5.97 Å². The zero-order chi connectivity index (χ0) is 18.0. The summed E-state index contributed by atoms with van der Waals surface area (Å²) < 4.78 is 20.0. The third kappa shape index (κ3) is 2.32. The molecule has 1 unspecified atom stereocenters. The number of fused-ring (bicyclic) bond motifs is 5. The number of ether oxygens (including phenoxy) is 1. The number of allylic oxidation sites excluding steroid dienone is 5. The first kappa shape index (κ1) is 16.9. The molecular weight excluding hydrogens is 319 g/mol. The Morgan fingerprint density at radius 3 is 2.76 bits per heavy atom. The Hall–Kier alpha value is -1.58. The molecule has 2 saturated carbocycles. The first-order valence-electron chi connectivity index (χ1n) is 9.43. The number of aliphatic hydroxyl groups excluding tert-OH is 1. The average molecular weight is 346 g/mol. The number of carbonyl (C=O) groups excluding carboxylic acids is 1. The van der Waals surface area contributed by atoms with E-state index < -0.39 is 5.97 Å². The van der Waals surface area contributed by atoms with Crippen LogP contribution in [0, 0.1) is 34.5 Å². The lowest BCUT2D eigenvalue weighted by Gasteiger charge is -2.57. The third-order valence-corrected chi connectivity index (χ3v) is 7.63. The maximum atomic E-state index is 14.7. The molecular formula is C21H27FO3. The van der Waals surface area contributed by atoms with Crippen molar-refractivity contribution in [3.05, 3.63) is 35.6 Å². The van der Waals surface area contributed by atoms with E-state index in [-0.39, 0.29) is 22.6 Å². The molecule has 4 aliphatic carbocycles. The van der Waals surface area contributed by atoms with Crippen LogP contribution >= 0.6 is 0 Å². The van der Waals surface area contributed by atoms with E-state index in [1.165, 1.54) is 6.92 Å². The summed E-state index contributed by atoms with van der Waals surface area (Å²) in [6.45, 7) is 5.72. The summed E-state index contributed by atoms with van der Waals surface area (Å²) in [4.78, 5) is 11.5. The van der Waals surface area contributed by atoms with Crippen LogP contribution in [0.4, 0.5) is 4.39 Å². The maximum Gasteiger partial charge on any atom is 0.307 e. The highest BCUT2D eigenvalue weighted by molar-refractivity contribution is 5.67. The van der Waals surface area contributed by atoms with Crippen LogP contribution in [-0.4, -0.2) is 11.1 Å². The first-order chi connectivity index (χ1) is 11.8. The standard InChI is InChI=1S/C21H27FO3/c1-12(23)25-19-18(22)11-17-15-5-4-13-10-14(24)6-8-20(13,2)16(15)7-9-21(17,19)3/h6,8,10,13,15-17,24H,4-5,7,9,11H2,1-3H3/t13?,15-,16-,17+,20+,21+/m1/s1. The molecule has 4 heteroatoms. The van der Waals surface area contributed by atoms with Gasteiger partial charge in [-0.1, -0.05) is 19.9 Å². The van der Waals surface area contributed by atoms with Crippen LogP contribution < -0.4 is 0 Å². The molecule has 25 heavy (non-hydrogen) atoms. The molecule has 1 N–H and O–H groups in total. The summed E-state index contributed by atoms with van der Waals surface area (Å²) in [5, 5.41) is 9.87. The van der Waals surface area contributed by atoms with Crippen molar-refractivity contribution >= 4 is 5.97 Å². The molecule has 0 radical (unpaired) electrons. The Bertz CT molecular complexity index is 706. The lowest BCUT2D eigenvalue weighted by molar-refractivity contribution is -0.140. The van der Waals surface area contributed by atoms with E-state index in [0.29, 0.717) is 35.7 Å². The molecule has 2 fully saturated rings. The number of halogens is 1. The highest BCUT2D eigenvalue weighted by Gasteiger charge is 2.60. The van der Waals surface area contributed by atoms with Gasteiger partial charge in [0.15, 0.2) is 0 Å². The Morgan fingerprint density at radius 1 is 1.28 bits per heavy atom. The van der Waals surface area contributed by atoms with E-state index in [1.807, 2.05) is 12.2 Å². The fraction of sp³-hybridized carbons (Fsp3) is 0.667. The zero-order valence-electron chi connectivity index (χ0n) is 15.2. The van der Waals surface area contributed by atoms with Gasteiger partial charge in [-0.3, -0.25) is 4.79 Å². The van der Waals surface area contributed by atoms with Gasteiger partial charge in [-0.25, -0.2) is 4.39 Å². The predicted molar refractivity (Wildman–Crippen MR) is 93.0 cm³/mol. The van der Waals surface area contributed by atoms with Crippen molar-refractivity contribution in [3.63, 3.8) is 0 Å². The summed E-state index contributed by atoms with van der Waals surface area (Å²) in [7, 11) is 0. The molecule has 0 amide bonds. The molecule has 4 rings (SSSR count). The Morgan fingerprint density at radius 2 is 2.04 bits per heavy atom. The molecule has 0 spiro atoms. The van der Waals surface area contributed by atoms with Crippen molar-refractivity contribution in [1.82, 2.24) is 0 Å². The van der Waals surface area contributed by atoms with Gasteiger partial charge in [0.2, 0.25) is 0 Å². The SMILES string of the molecule is CC(=O)OC1=C(F)C[C@H]2[C@@H]3CCC4C=C(O)C=C[C@]4(C)[C@@H]3CC[C@]12C. The lowest BCUT2D eigenvalue weighted by Crippen LogP contribution is -2.51. The largest absolute Gasteiger partial charge is 0.508 e. The van der Waals surface area contributed by atoms with Crippen LogP contribution in [0.1, 0.15) is 52.9 Å². The second-order valence-corrected chi connectivity index (χ2v) is 8.84. The number of rotatable bonds is 1. The quantitative estimate of drug-likeness (QED) is 0.663. The van der Waals surface area contributed by atoms with Crippen molar-refractivity contribution in [2.24, 2.45) is 34.5 Å². The van der Waals surface area contributed by atoms with Gasteiger partial charge in [-0.2, -0.15) is 0 Å². The van der Waals surface area contributed by atoms with Crippen molar-refractivity contribution in [3.8, 4) is 0 Å². The molecule has 0 aliphatic heterocycles. The number of carbonyl (C=O) groups is 1. The van der Waals surface area contributed by atoms with Crippen molar-refractivity contribution < 1.29 is 19.0 Å². The number of hydrogen-bond acceptors (Lipinski definition) is 3. The van der Waals surface area contributed by atoms with Crippen LogP contribution in [0.2, 0.25) is 0 Å². The van der Waals surface area contributed by atoms with E-state index in [9.17, 15) is 14.3 Å². The second-order valence-electron chi connectivity index (χ2n) is 8.84. The van der Waals surface area contributed by atoms with Gasteiger partial charge in [-0.05, 0) is 66.9 Å². The second kappa shape index (κ2) is 5.46. The van der Waals surface area contributed by atoms with Gasteiger partial charge in [0.05, 0.1) is 0 Å². The topological polar surface area (TPSA) is 46.5 Å². The molecule has 6 atom stereocenters. The van der Waals surface area contributed by atoms with Gasteiger partial charge in [0, 0.05) is 18.8 Å². The van der Waals surface area contributed by atoms with Gasteiger partial charge < -0.3 is 9.84 Å². The number of esters is 1. The minimum Gasteiger partial charge on any atom is -0.508 e. The van der Waals surface area contributed by atoms with Crippen LogP contribution in [0.15, 0.2) is 35.6 Å². The molecule has 0 aromatic rings. The summed E-state index contributed by atoms with van der Waals surface area (Å²) in [6, 6.07) is 0. The number of aliphatic hydroxyl groups is 1. The molecule has 0 aromatic carbocycles. The monoisotopic (exact) mass is 346 g/mol. The third-order valence-electron chi connectivity index (χ3n) is 7.63. The van der Waals surface area contributed by atoms with E-state index in [0.717, 1.165) is 25.7 Å². The summed E-state index contributed by atoms with van der Waals surface area (Å²) in [6.07, 6.45) is 10.3.